The van der Waals surface area contributed by atoms with E-state index in [0.29, 0.717) is 0 Å². The number of hydrogen-bond donors (Lipinski definition) is 0. The van der Waals surface area contributed by atoms with Crippen LogP contribution in [0.3, 0.4) is 0 Å². The Kier molecular flexibility index (Phi) is 24.2. The summed E-state index contributed by atoms with van der Waals surface area (Å²) in [4.78, 5) is 2.73. The Morgan fingerprint density at radius 3 is 1.10 bits per heavy atom. The average molecular weight is 410 g/mol. The van der Waals surface area contributed by atoms with E-state index < -0.39 is 0 Å². The smallest absolute Gasteiger partial charge is 0.00922 e. The van der Waals surface area contributed by atoms with Crippen molar-refractivity contribution in [3.63, 3.8) is 0 Å². The third-order valence-electron chi connectivity index (χ3n) is 6.77. The van der Waals surface area contributed by atoms with Crippen molar-refractivity contribution in [1.82, 2.24) is 4.90 Å². The lowest BCUT2D eigenvalue weighted by atomic mass is 9.98. The normalized spacial score (nSPS) is 11.8. The van der Waals surface area contributed by atoms with Crippen LogP contribution >= 0.6 is 0 Å². The minimum Gasteiger partial charge on any atom is -0.303 e. The summed E-state index contributed by atoms with van der Waals surface area (Å²) in [6, 6.07) is 0.844. The van der Waals surface area contributed by atoms with Gasteiger partial charge in [-0.3, -0.25) is 0 Å². The predicted molar refractivity (Wildman–Crippen MR) is 135 cm³/mol. The van der Waals surface area contributed by atoms with Crippen LogP contribution in [0, 0.1) is 0 Å². The molecule has 0 aromatic heterocycles. The van der Waals surface area contributed by atoms with Crippen LogP contribution in [0.2, 0.25) is 0 Å². The van der Waals surface area contributed by atoms with Gasteiger partial charge < -0.3 is 4.90 Å². The van der Waals surface area contributed by atoms with Crippen molar-refractivity contribution in [3.05, 3.63) is 0 Å². The van der Waals surface area contributed by atoms with Crippen LogP contribution in [0.15, 0.2) is 0 Å². The second kappa shape index (κ2) is 24.2. The standard InChI is InChI=1S/C28H59N/c1-5-8-11-14-17-18-21-24-27-29(4)28(25-22-19-15-12-9-6-2)26-23-20-16-13-10-7-3/h28H,5-27H2,1-4H3. The Bertz CT molecular complexity index is 272. The van der Waals surface area contributed by atoms with Gasteiger partial charge in [0.1, 0.15) is 0 Å². The third-order valence-corrected chi connectivity index (χ3v) is 6.77. The van der Waals surface area contributed by atoms with Gasteiger partial charge in [-0.1, -0.05) is 143 Å². The molecule has 1 heteroatoms. The summed E-state index contributed by atoms with van der Waals surface area (Å²) < 4.78 is 0. The summed E-state index contributed by atoms with van der Waals surface area (Å²) >= 11 is 0. The quantitative estimate of drug-likeness (QED) is 0.143. The van der Waals surface area contributed by atoms with Crippen molar-refractivity contribution < 1.29 is 0 Å². The summed E-state index contributed by atoms with van der Waals surface area (Å²) in [5.74, 6) is 0. The Morgan fingerprint density at radius 1 is 0.414 bits per heavy atom. The van der Waals surface area contributed by atoms with Crippen LogP contribution in [0.25, 0.3) is 0 Å². The highest BCUT2D eigenvalue weighted by Crippen LogP contribution is 2.19. The van der Waals surface area contributed by atoms with Gasteiger partial charge in [0.05, 0.1) is 0 Å². The van der Waals surface area contributed by atoms with Gasteiger partial charge >= 0.3 is 0 Å². The van der Waals surface area contributed by atoms with E-state index in [9.17, 15) is 0 Å². The molecule has 0 radical (unpaired) electrons. The second-order valence-corrected chi connectivity index (χ2v) is 9.72. The molecule has 0 unspecified atom stereocenters. The molecular formula is C28H59N. The number of unbranched alkanes of at least 4 members (excludes halogenated alkanes) is 17. The molecule has 0 aliphatic rings. The highest BCUT2D eigenvalue weighted by Gasteiger charge is 2.14. The van der Waals surface area contributed by atoms with Gasteiger partial charge in [0.25, 0.3) is 0 Å². The molecular weight excluding hydrogens is 350 g/mol. The first-order valence-corrected chi connectivity index (χ1v) is 14.0. The molecule has 0 saturated carbocycles. The van der Waals surface area contributed by atoms with E-state index in [4.69, 9.17) is 0 Å². The van der Waals surface area contributed by atoms with Crippen molar-refractivity contribution in [2.24, 2.45) is 0 Å². The molecule has 0 aliphatic heterocycles. The zero-order valence-corrected chi connectivity index (χ0v) is 21.3. The summed E-state index contributed by atoms with van der Waals surface area (Å²) in [5.41, 5.74) is 0. The van der Waals surface area contributed by atoms with Gasteiger partial charge in [-0.2, -0.15) is 0 Å². The summed E-state index contributed by atoms with van der Waals surface area (Å²) in [6.45, 7) is 8.27. The molecule has 0 atom stereocenters. The first-order chi connectivity index (χ1) is 14.3. The van der Waals surface area contributed by atoms with Gasteiger partial charge in [0.15, 0.2) is 0 Å². The first kappa shape index (κ1) is 29.0. The van der Waals surface area contributed by atoms with E-state index in [1.54, 1.807) is 0 Å². The van der Waals surface area contributed by atoms with E-state index in [0.717, 1.165) is 6.04 Å². The van der Waals surface area contributed by atoms with Crippen molar-refractivity contribution in [2.45, 2.75) is 168 Å². The molecule has 0 aromatic rings. The van der Waals surface area contributed by atoms with Crippen LogP contribution < -0.4 is 0 Å². The third kappa shape index (κ3) is 21.0. The Labute approximate surface area is 186 Å². The molecule has 176 valence electrons. The Morgan fingerprint density at radius 2 is 0.724 bits per heavy atom. The summed E-state index contributed by atoms with van der Waals surface area (Å²) in [5, 5.41) is 0. The van der Waals surface area contributed by atoms with Crippen LogP contribution in [0.1, 0.15) is 162 Å². The maximum atomic E-state index is 2.73. The molecule has 29 heavy (non-hydrogen) atoms. The number of hydrogen-bond acceptors (Lipinski definition) is 1. The lowest BCUT2D eigenvalue weighted by Gasteiger charge is -2.28. The highest BCUT2D eigenvalue weighted by molar-refractivity contribution is 4.70. The van der Waals surface area contributed by atoms with Gasteiger partial charge in [-0.05, 0) is 32.9 Å². The SMILES string of the molecule is CCCCCCCCCCN(C)C(CCCCCCCC)CCCCCCCC. The molecule has 0 heterocycles. The van der Waals surface area contributed by atoms with E-state index in [-0.39, 0.29) is 0 Å². The van der Waals surface area contributed by atoms with Crippen molar-refractivity contribution in [3.8, 4) is 0 Å². The number of nitrogens with zero attached hydrogens (tertiary/aromatic N) is 1. The van der Waals surface area contributed by atoms with Crippen molar-refractivity contribution in [2.75, 3.05) is 13.6 Å². The second-order valence-electron chi connectivity index (χ2n) is 9.72. The van der Waals surface area contributed by atoms with Gasteiger partial charge in [0, 0.05) is 6.04 Å². The van der Waals surface area contributed by atoms with E-state index in [2.05, 4.69) is 32.7 Å². The van der Waals surface area contributed by atoms with Gasteiger partial charge in [-0.15, -0.1) is 0 Å². The molecule has 1 nitrogen and oxygen atoms in total. The molecule has 0 bridgehead atoms. The molecule has 0 aromatic carbocycles. The zero-order valence-electron chi connectivity index (χ0n) is 21.3. The lowest BCUT2D eigenvalue weighted by molar-refractivity contribution is 0.205. The van der Waals surface area contributed by atoms with Crippen LogP contribution in [0.4, 0.5) is 0 Å². The average Bonchev–Trinajstić information content (AvgIpc) is 2.73. The molecule has 0 N–H and O–H groups in total. The lowest BCUT2D eigenvalue weighted by Crippen LogP contribution is -2.32. The molecule has 0 fully saturated rings. The zero-order chi connectivity index (χ0) is 21.4. The fourth-order valence-electron chi connectivity index (χ4n) is 4.58. The summed E-state index contributed by atoms with van der Waals surface area (Å²) in [6.07, 6.45) is 31.6. The van der Waals surface area contributed by atoms with E-state index >= 15 is 0 Å². The van der Waals surface area contributed by atoms with Crippen LogP contribution in [-0.4, -0.2) is 24.5 Å². The molecule has 0 aliphatic carbocycles. The van der Waals surface area contributed by atoms with Crippen LogP contribution in [-0.2, 0) is 0 Å². The van der Waals surface area contributed by atoms with Crippen molar-refractivity contribution in [1.29, 1.82) is 0 Å². The predicted octanol–water partition coefficient (Wildman–Crippen LogP) is 9.93. The van der Waals surface area contributed by atoms with E-state index in [1.165, 1.54) is 148 Å². The van der Waals surface area contributed by atoms with Crippen LogP contribution in [0.5, 0.6) is 0 Å². The highest BCUT2D eigenvalue weighted by atomic mass is 15.1. The fraction of sp³-hybridized carbons (Fsp3) is 1.00. The first-order valence-electron chi connectivity index (χ1n) is 14.0. The molecule has 0 amide bonds. The maximum Gasteiger partial charge on any atom is 0.00922 e. The number of rotatable bonds is 24. The molecule has 0 rings (SSSR count). The van der Waals surface area contributed by atoms with E-state index in [1.807, 2.05) is 0 Å². The monoisotopic (exact) mass is 409 g/mol. The Balaban J connectivity index is 3.98. The van der Waals surface area contributed by atoms with Gasteiger partial charge in [0.2, 0.25) is 0 Å². The molecule has 0 saturated heterocycles. The summed E-state index contributed by atoms with van der Waals surface area (Å²) in [7, 11) is 2.42. The minimum atomic E-state index is 0.844. The largest absolute Gasteiger partial charge is 0.303 e. The fourth-order valence-corrected chi connectivity index (χ4v) is 4.58. The molecule has 0 spiro atoms. The maximum absolute atomic E-state index is 2.73. The topological polar surface area (TPSA) is 3.24 Å². The Hall–Kier alpha value is -0.0400. The van der Waals surface area contributed by atoms with Crippen molar-refractivity contribution >= 4 is 0 Å². The van der Waals surface area contributed by atoms with Gasteiger partial charge in [-0.25, -0.2) is 0 Å². The minimum absolute atomic E-state index is 0.844.